The van der Waals surface area contributed by atoms with E-state index in [0.29, 0.717) is 24.6 Å². The molecule has 0 saturated carbocycles. The highest BCUT2D eigenvalue weighted by Gasteiger charge is 2.18. The molecule has 1 atom stereocenters. The number of benzene rings is 2. The average Bonchev–Trinajstić information content (AvgIpc) is 3.25. The predicted octanol–water partition coefficient (Wildman–Crippen LogP) is 3.68. The predicted molar refractivity (Wildman–Crippen MR) is 105 cm³/mol. The van der Waals surface area contributed by atoms with E-state index in [1.807, 2.05) is 54.6 Å². The largest absolute Gasteiger partial charge is 0.497 e. The smallest absolute Gasteiger partial charge is 0.252 e. The Morgan fingerprint density at radius 2 is 2.04 bits per heavy atom. The maximum absolute atomic E-state index is 12.9. The van der Waals surface area contributed by atoms with Gasteiger partial charge < -0.3 is 14.8 Å². The van der Waals surface area contributed by atoms with Gasteiger partial charge in [0, 0.05) is 30.0 Å². The monoisotopic (exact) mass is 362 g/mol. The van der Waals surface area contributed by atoms with Crippen LogP contribution in [0.5, 0.6) is 5.75 Å². The fraction of sp³-hybridized carbons (Fsp3) is 0.273. The highest BCUT2D eigenvalue weighted by molar-refractivity contribution is 6.07. The SMILES string of the molecule is COc1ccc(-c2cc(C(=O)NC[C@@H]3CCOC3)c3ccccc3n2)cc1. The molecule has 0 aliphatic carbocycles. The summed E-state index contributed by atoms with van der Waals surface area (Å²) < 4.78 is 10.6. The minimum absolute atomic E-state index is 0.0738. The quantitative estimate of drug-likeness (QED) is 0.752. The fourth-order valence-electron chi connectivity index (χ4n) is 3.35. The van der Waals surface area contributed by atoms with Crippen LogP contribution in [0.1, 0.15) is 16.8 Å². The molecule has 2 heterocycles. The summed E-state index contributed by atoms with van der Waals surface area (Å²) in [5, 5.41) is 3.92. The molecule has 0 bridgehead atoms. The fourth-order valence-corrected chi connectivity index (χ4v) is 3.35. The summed E-state index contributed by atoms with van der Waals surface area (Å²) in [7, 11) is 1.64. The van der Waals surface area contributed by atoms with Crippen molar-refractivity contribution in [2.75, 3.05) is 26.9 Å². The van der Waals surface area contributed by atoms with Crippen molar-refractivity contribution in [2.24, 2.45) is 5.92 Å². The molecule has 0 unspecified atom stereocenters. The number of nitrogens with one attached hydrogen (secondary N) is 1. The molecule has 2 aromatic carbocycles. The lowest BCUT2D eigenvalue weighted by atomic mass is 10.0. The van der Waals surface area contributed by atoms with Gasteiger partial charge in [-0.15, -0.1) is 0 Å². The number of carbonyl (C=O) groups is 1. The summed E-state index contributed by atoms with van der Waals surface area (Å²) in [6, 6.07) is 17.3. The first kappa shape index (κ1) is 17.5. The molecule has 4 rings (SSSR count). The second-order valence-electron chi connectivity index (χ2n) is 6.74. The van der Waals surface area contributed by atoms with Gasteiger partial charge in [-0.05, 0) is 42.8 Å². The summed E-state index contributed by atoms with van der Waals surface area (Å²) in [6.07, 6.45) is 0.995. The normalized spacial score (nSPS) is 16.4. The van der Waals surface area contributed by atoms with Crippen LogP contribution in [0.4, 0.5) is 0 Å². The van der Waals surface area contributed by atoms with Gasteiger partial charge in [0.2, 0.25) is 0 Å². The third-order valence-corrected chi connectivity index (χ3v) is 4.92. The van der Waals surface area contributed by atoms with Crippen LogP contribution < -0.4 is 10.1 Å². The number of aromatic nitrogens is 1. The number of fused-ring (bicyclic) bond motifs is 1. The first-order chi connectivity index (χ1) is 13.2. The Labute approximate surface area is 158 Å². The average molecular weight is 362 g/mol. The van der Waals surface area contributed by atoms with Gasteiger partial charge >= 0.3 is 0 Å². The van der Waals surface area contributed by atoms with Crippen molar-refractivity contribution in [1.82, 2.24) is 10.3 Å². The lowest BCUT2D eigenvalue weighted by Crippen LogP contribution is -2.29. The van der Waals surface area contributed by atoms with Gasteiger partial charge in [0.1, 0.15) is 5.75 Å². The second-order valence-corrected chi connectivity index (χ2v) is 6.74. The Morgan fingerprint density at radius 1 is 1.22 bits per heavy atom. The number of methoxy groups -OCH3 is 1. The molecule has 1 fully saturated rings. The molecular formula is C22H22N2O3. The van der Waals surface area contributed by atoms with E-state index in [2.05, 4.69) is 5.32 Å². The zero-order valence-corrected chi connectivity index (χ0v) is 15.3. The summed E-state index contributed by atoms with van der Waals surface area (Å²) in [5.74, 6) is 1.11. The highest BCUT2D eigenvalue weighted by Crippen LogP contribution is 2.26. The van der Waals surface area contributed by atoms with E-state index >= 15 is 0 Å². The van der Waals surface area contributed by atoms with Crippen molar-refractivity contribution in [3.05, 3.63) is 60.2 Å². The number of rotatable bonds is 5. The first-order valence-corrected chi connectivity index (χ1v) is 9.15. The molecule has 1 saturated heterocycles. The molecule has 5 heteroatoms. The van der Waals surface area contributed by atoms with Gasteiger partial charge in [-0.3, -0.25) is 4.79 Å². The molecule has 138 valence electrons. The van der Waals surface area contributed by atoms with Gasteiger partial charge in [-0.1, -0.05) is 18.2 Å². The van der Waals surface area contributed by atoms with E-state index in [9.17, 15) is 4.79 Å². The molecule has 27 heavy (non-hydrogen) atoms. The van der Waals surface area contributed by atoms with Crippen LogP contribution in [-0.2, 0) is 4.74 Å². The lowest BCUT2D eigenvalue weighted by Gasteiger charge is -2.13. The van der Waals surface area contributed by atoms with Gasteiger partial charge in [-0.25, -0.2) is 4.98 Å². The topological polar surface area (TPSA) is 60.5 Å². The van der Waals surface area contributed by atoms with Crippen LogP contribution >= 0.6 is 0 Å². The zero-order chi connectivity index (χ0) is 18.6. The summed E-state index contributed by atoms with van der Waals surface area (Å²) in [4.78, 5) is 17.6. The Hall–Kier alpha value is -2.92. The molecule has 3 aromatic rings. The van der Waals surface area contributed by atoms with Crippen molar-refractivity contribution in [3.63, 3.8) is 0 Å². The molecule has 1 amide bonds. The minimum atomic E-state index is -0.0738. The van der Waals surface area contributed by atoms with Crippen molar-refractivity contribution < 1.29 is 14.3 Å². The van der Waals surface area contributed by atoms with Crippen LogP contribution in [0, 0.1) is 5.92 Å². The van der Waals surface area contributed by atoms with Crippen molar-refractivity contribution in [3.8, 4) is 17.0 Å². The number of nitrogens with zero attached hydrogens (tertiary/aromatic N) is 1. The highest BCUT2D eigenvalue weighted by atomic mass is 16.5. The number of carbonyl (C=O) groups excluding carboxylic acids is 1. The molecular weight excluding hydrogens is 340 g/mol. The maximum Gasteiger partial charge on any atom is 0.252 e. The first-order valence-electron chi connectivity index (χ1n) is 9.15. The number of hydrogen-bond acceptors (Lipinski definition) is 4. The number of hydrogen-bond donors (Lipinski definition) is 1. The molecule has 1 aliphatic rings. The summed E-state index contributed by atoms with van der Waals surface area (Å²) in [6.45, 7) is 2.13. The van der Waals surface area contributed by atoms with Gasteiger partial charge in [0.15, 0.2) is 0 Å². The van der Waals surface area contributed by atoms with Crippen molar-refractivity contribution in [2.45, 2.75) is 6.42 Å². The molecule has 5 nitrogen and oxygen atoms in total. The number of para-hydroxylation sites is 1. The van der Waals surface area contributed by atoms with Gasteiger partial charge in [0.25, 0.3) is 5.91 Å². The number of amides is 1. The van der Waals surface area contributed by atoms with E-state index in [0.717, 1.165) is 40.9 Å². The van der Waals surface area contributed by atoms with E-state index in [-0.39, 0.29) is 5.91 Å². The number of pyridine rings is 1. The van der Waals surface area contributed by atoms with E-state index < -0.39 is 0 Å². The zero-order valence-electron chi connectivity index (χ0n) is 15.3. The van der Waals surface area contributed by atoms with Crippen LogP contribution in [0.15, 0.2) is 54.6 Å². The van der Waals surface area contributed by atoms with Crippen molar-refractivity contribution in [1.29, 1.82) is 0 Å². The molecule has 1 aromatic heterocycles. The van der Waals surface area contributed by atoms with Crippen LogP contribution in [0.2, 0.25) is 0 Å². The molecule has 0 spiro atoms. The summed E-state index contributed by atoms with van der Waals surface area (Å²) >= 11 is 0. The van der Waals surface area contributed by atoms with E-state index in [4.69, 9.17) is 14.5 Å². The lowest BCUT2D eigenvalue weighted by molar-refractivity contribution is 0.0946. The van der Waals surface area contributed by atoms with Crippen LogP contribution in [-0.4, -0.2) is 37.8 Å². The van der Waals surface area contributed by atoms with E-state index in [1.54, 1.807) is 7.11 Å². The van der Waals surface area contributed by atoms with E-state index in [1.165, 1.54) is 0 Å². The Balaban J connectivity index is 1.68. The third-order valence-electron chi connectivity index (χ3n) is 4.92. The maximum atomic E-state index is 12.9. The Morgan fingerprint density at radius 3 is 2.78 bits per heavy atom. The standard InChI is InChI=1S/C22H22N2O3/c1-26-17-8-6-16(7-9-17)21-12-19(18-4-2-3-5-20(18)24-21)22(25)23-13-15-10-11-27-14-15/h2-9,12,15H,10-11,13-14H2,1H3,(H,23,25)/t15-/m0/s1. The van der Waals surface area contributed by atoms with Crippen LogP contribution in [0.25, 0.3) is 22.2 Å². The third kappa shape index (κ3) is 3.78. The second kappa shape index (κ2) is 7.76. The van der Waals surface area contributed by atoms with Crippen LogP contribution in [0.3, 0.4) is 0 Å². The Kier molecular flexibility index (Phi) is 5.03. The minimum Gasteiger partial charge on any atom is -0.497 e. The molecule has 1 N–H and O–H groups in total. The van der Waals surface area contributed by atoms with Gasteiger partial charge in [0.05, 0.1) is 30.5 Å². The number of ether oxygens (including phenoxy) is 2. The molecule has 0 radical (unpaired) electrons. The summed E-state index contributed by atoms with van der Waals surface area (Å²) in [5.41, 5.74) is 3.16. The van der Waals surface area contributed by atoms with Gasteiger partial charge in [-0.2, -0.15) is 0 Å². The van der Waals surface area contributed by atoms with Crippen molar-refractivity contribution >= 4 is 16.8 Å². The molecule has 1 aliphatic heterocycles. The Bertz CT molecular complexity index is 947.